The van der Waals surface area contributed by atoms with Crippen molar-refractivity contribution in [3.63, 3.8) is 0 Å². The van der Waals surface area contributed by atoms with Crippen LogP contribution in [0.25, 0.3) is 66.5 Å². The largest absolute Gasteiger partial charge is 0.494 e. The van der Waals surface area contributed by atoms with Gasteiger partial charge in [0.2, 0.25) is 35.6 Å². The van der Waals surface area contributed by atoms with E-state index in [-0.39, 0.29) is 23.5 Å². The van der Waals surface area contributed by atoms with Gasteiger partial charge in [0.1, 0.15) is 23.3 Å². The molecule has 31 nitrogen and oxygen atoms in total. The Morgan fingerprint density at radius 3 is 1.24 bits per heavy atom. The molecule has 0 fully saturated rings. The maximum Gasteiger partial charge on any atom is 0.250 e. The van der Waals surface area contributed by atoms with Gasteiger partial charge in [0.05, 0.1) is 122 Å². The lowest BCUT2D eigenvalue weighted by Gasteiger charge is -2.26. The van der Waals surface area contributed by atoms with Crippen molar-refractivity contribution in [3.05, 3.63) is 199 Å². The van der Waals surface area contributed by atoms with Gasteiger partial charge in [0.15, 0.2) is 5.78 Å². The van der Waals surface area contributed by atoms with Crippen LogP contribution in [0.5, 0.6) is 17.2 Å². The van der Waals surface area contributed by atoms with Crippen molar-refractivity contribution in [1.29, 1.82) is 5.26 Å². The number of hydrogen-bond acceptors (Lipinski definition) is 24. The number of anilines is 12. The zero-order chi connectivity index (χ0) is 87.8. The third-order valence-corrected chi connectivity index (χ3v) is 20.1. The zero-order valence-corrected chi connectivity index (χ0v) is 71.9. The van der Waals surface area contributed by atoms with Gasteiger partial charge in [-0.05, 0) is 165 Å². The molecule has 4 amide bonds. The molecule has 6 heterocycles. The Kier molecular flexibility index (Phi) is 29.4. The van der Waals surface area contributed by atoms with E-state index in [2.05, 4.69) is 102 Å². The highest BCUT2D eigenvalue weighted by molar-refractivity contribution is 6.36. The standard InChI is InChI=1S/C30H34ClN7O3.C30H34N8O2.C29H34N8O3/c1-8-28(40)33-24-15-25(27(41-7)16-26(24)37(5)12-11-36(3)4)35-30-32-10-9-23(34-30)19-13-20(18(2)39)29-21(14-19)22(31)17-38(29)6;1-8-28(39)33-24-15-25(27(40-7)16-26(24)37(5)12-11-36(3)4)35-30-32-10-9-23(34-30)20-13-21(17-31)29-22(14-20)19(2)18-38(29)6;1-7-26(38)33-22-14-23(25(40-6)15-24(22)37(5)11-10-36(3)4)35-29-31-9-8-21(34-29)18-12-19-17(2)16-32-27(19)20(13-18)28(30)39/h8-10,13-17H,1,11-12H2,2-7H3,(H,33,40)(H,32,34,35);8-10,13-16,18H,1,11-12H2,2-7H3,(H,33,39)(H,32,34,35);7-9,12-16,32H,1,10-11H2,2-6H3,(H2,30,39)(H,33,38)(H,31,34,35). The summed E-state index contributed by atoms with van der Waals surface area (Å²) in [5.74, 6) is 0.991. The number of rotatable bonds is 32. The minimum Gasteiger partial charge on any atom is -0.494 e. The fourth-order valence-corrected chi connectivity index (χ4v) is 13.7. The van der Waals surface area contributed by atoms with Crippen LogP contribution in [-0.4, -0.2) is 212 Å². The summed E-state index contributed by atoms with van der Waals surface area (Å²) in [6.07, 6.45) is 14.2. The summed E-state index contributed by atoms with van der Waals surface area (Å²) in [7, 11) is 26.4. The third-order valence-electron chi connectivity index (χ3n) is 19.8. The first-order chi connectivity index (χ1) is 57.8. The summed E-state index contributed by atoms with van der Waals surface area (Å²) >= 11 is 6.48. The maximum absolute atomic E-state index is 12.5. The molecule has 12 rings (SSSR count). The summed E-state index contributed by atoms with van der Waals surface area (Å²) in [5, 5.41) is 31.4. The van der Waals surface area contributed by atoms with Crippen molar-refractivity contribution >= 4 is 143 Å². The lowest BCUT2D eigenvalue weighted by molar-refractivity contribution is -0.112. The molecule has 121 heavy (non-hydrogen) atoms. The van der Waals surface area contributed by atoms with Gasteiger partial charge in [-0.25, -0.2) is 29.9 Å². The monoisotopic (exact) mass is 1660 g/mol. The highest BCUT2D eigenvalue weighted by atomic mass is 35.5. The topological polar surface area (TPSA) is 357 Å². The molecule has 0 atom stereocenters. The quantitative estimate of drug-likeness (QED) is 0.0143. The number of Topliss-reactive ketones (excluding diaryl/α,β-unsaturated/α-hetero) is 1. The first-order valence-corrected chi connectivity index (χ1v) is 38.7. The molecule has 0 aliphatic rings. The number of amides is 4. The van der Waals surface area contributed by atoms with Gasteiger partial charge in [-0.2, -0.15) is 5.26 Å². The molecule has 0 bridgehead atoms. The van der Waals surface area contributed by atoms with Gasteiger partial charge in [0, 0.05) is 168 Å². The molecule has 6 aromatic carbocycles. The predicted molar refractivity (Wildman–Crippen MR) is 486 cm³/mol. The van der Waals surface area contributed by atoms with Gasteiger partial charge in [0.25, 0.3) is 5.91 Å². The molecule has 0 saturated carbocycles. The minimum atomic E-state index is -0.532. The molecular formula is C89H102ClN23O8. The van der Waals surface area contributed by atoms with Crippen LogP contribution < -0.4 is 66.5 Å². The van der Waals surface area contributed by atoms with Crippen LogP contribution in [0.2, 0.25) is 5.02 Å². The van der Waals surface area contributed by atoms with Crippen LogP contribution >= 0.6 is 11.6 Å². The molecular weight excluding hydrogens is 1550 g/mol. The number of carbonyl (C=O) groups excluding carboxylic acids is 5. The van der Waals surface area contributed by atoms with E-state index in [1.807, 2.05) is 177 Å². The summed E-state index contributed by atoms with van der Waals surface area (Å²) in [6, 6.07) is 29.9. The Bertz CT molecular complexity index is 5960. The van der Waals surface area contributed by atoms with E-state index in [9.17, 15) is 29.2 Å². The van der Waals surface area contributed by atoms with Gasteiger partial charge in [-0.15, -0.1) is 0 Å². The lowest BCUT2D eigenvalue weighted by atomic mass is 10.0. The van der Waals surface area contributed by atoms with Crippen LogP contribution in [0, 0.1) is 25.2 Å². The molecule has 6 aromatic heterocycles. The first-order valence-electron chi connectivity index (χ1n) is 38.3. The number of ketones is 1. The third kappa shape index (κ3) is 21.6. The summed E-state index contributed by atoms with van der Waals surface area (Å²) in [4.78, 5) is 104. The number of aryl methyl sites for hydroxylation is 4. The van der Waals surface area contributed by atoms with Gasteiger partial charge in [-0.1, -0.05) is 31.3 Å². The second-order valence-corrected chi connectivity index (χ2v) is 29.8. The lowest BCUT2D eigenvalue weighted by Crippen LogP contribution is -2.29. The van der Waals surface area contributed by atoms with E-state index in [1.165, 1.54) is 25.2 Å². The second-order valence-electron chi connectivity index (χ2n) is 29.4. The number of carbonyl (C=O) groups is 5. The van der Waals surface area contributed by atoms with Crippen LogP contribution in [0.1, 0.15) is 44.3 Å². The number of fused-ring (bicyclic) bond motifs is 3. The number of primary amides is 1. The Morgan fingerprint density at radius 2 is 0.876 bits per heavy atom. The molecule has 12 aromatic rings. The van der Waals surface area contributed by atoms with Crippen molar-refractivity contribution in [2.75, 3.05) is 171 Å². The van der Waals surface area contributed by atoms with Gasteiger partial charge in [-0.3, -0.25) is 24.0 Å². The van der Waals surface area contributed by atoms with E-state index >= 15 is 0 Å². The number of aromatic nitrogens is 9. The van der Waals surface area contributed by atoms with Crippen LogP contribution in [0.15, 0.2) is 166 Å². The van der Waals surface area contributed by atoms with Crippen molar-refractivity contribution in [3.8, 4) is 57.1 Å². The fourth-order valence-electron chi connectivity index (χ4n) is 13.4. The van der Waals surface area contributed by atoms with Crippen molar-refractivity contribution in [2.24, 2.45) is 19.8 Å². The fraction of sp³-hybridized carbons (Fsp3) is 0.258. The highest BCUT2D eigenvalue weighted by Crippen LogP contribution is 2.43. The number of nitrogens with zero attached hydrogens (tertiary/aromatic N) is 15. The first kappa shape index (κ1) is 89.2. The van der Waals surface area contributed by atoms with Crippen LogP contribution in [0.4, 0.5) is 69.0 Å². The maximum atomic E-state index is 12.5. The Labute approximate surface area is 708 Å². The molecule has 0 aliphatic heterocycles. The second kappa shape index (κ2) is 39.8. The van der Waals surface area contributed by atoms with E-state index in [1.54, 1.807) is 82.5 Å². The van der Waals surface area contributed by atoms with Crippen molar-refractivity contribution in [2.45, 2.75) is 20.8 Å². The SMILES string of the molecule is C=CC(=O)Nc1cc(Nc2nccc(-c3cc(C#N)c4c(c3)c(C)cn4C)n2)c(OC)cc1N(C)CCN(C)C.C=CC(=O)Nc1cc(Nc2nccc(-c3cc(C(C)=O)c4c(c3)c(Cl)cn4C)n2)c(OC)cc1N(C)CCN(C)C.C=CC(=O)Nc1cc(Nc2nccc(-c3cc(C(N)=O)c4[nH]cc(C)c4c3)n2)c(OC)cc1N(C)CCN(C)C. The summed E-state index contributed by atoms with van der Waals surface area (Å²) < 4.78 is 20.9. The van der Waals surface area contributed by atoms with Crippen molar-refractivity contribution < 1.29 is 38.2 Å². The average molecular weight is 1660 g/mol. The number of halogens is 1. The van der Waals surface area contributed by atoms with E-state index in [0.29, 0.717) is 114 Å². The van der Waals surface area contributed by atoms with Gasteiger partial charge >= 0.3 is 0 Å². The molecule has 628 valence electrons. The molecule has 0 unspecified atom stereocenters. The number of likely N-dealkylation sites (N-methyl/N-ethyl adjacent to an activating group) is 6. The summed E-state index contributed by atoms with van der Waals surface area (Å²) in [5.41, 5.74) is 21.5. The number of nitriles is 1. The number of ether oxygens (including phenoxy) is 3. The molecule has 9 N–H and O–H groups in total. The Hall–Kier alpha value is -14.2. The van der Waals surface area contributed by atoms with Crippen LogP contribution in [-0.2, 0) is 28.5 Å². The number of benzene rings is 6. The Morgan fingerprint density at radius 1 is 0.504 bits per heavy atom. The number of aromatic amines is 1. The Balaban J connectivity index is 0.000000190. The smallest absolute Gasteiger partial charge is 0.250 e. The number of methoxy groups -OCH3 is 3. The molecule has 32 heteroatoms. The predicted octanol–water partition coefficient (Wildman–Crippen LogP) is 14.0. The van der Waals surface area contributed by atoms with Crippen LogP contribution in [0.3, 0.4) is 0 Å². The zero-order valence-electron chi connectivity index (χ0n) is 71.1. The number of H-pyrrole nitrogens is 1. The highest BCUT2D eigenvalue weighted by Gasteiger charge is 2.24. The van der Waals surface area contributed by atoms with E-state index in [4.69, 9.17) is 41.5 Å². The summed E-state index contributed by atoms with van der Waals surface area (Å²) in [6.45, 7) is 20.9. The normalized spacial score (nSPS) is 10.9. The molecule has 0 aliphatic carbocycles. The molecule has 0 saturated heterocycles. The molecule has 0 spiro atoms. The minimum absolute atomic E-state index is 0.0726. The van der Waals surface area contributed by atoms with Crippen molar-refractivity contribution in [1.82, 2.24) is 58.7 Å². The van der Waals surface area contributed by atoms with E-state index in [0.717, 1.165) is 111 Å². The molecule has 0 radical (unpaired) electrons. The number of hydrogen-bond donors (Lipinski definition) is 8. The number of nitrogens with two attached hydrogens (primary N) is 1. The van der Waals surface area contributed by atoms with Gasteiger partial charge < -0.3 is 95.4 Å². The average Bonchev–Trinajstić information content (AvgIpc) is 1.63. The number of nitrogens with one attached hydrogen (secondary N) is 7. The van der Waals surface area contributed by atoms with E-state index < -0.39 is 5.91 Å².